The van der Waals surface area contributed by atoms with Gasteiger partial charge in [0.05, 0.1) is 17.6 Å². The highest BCUT2D eigenvalue weighted by Crippen LogP contribution is 2.23. The maximum Gasteiger partial charge on any atom is 0.294 e. The van der Waals surface area contributed by atoms with Crippen LogP contribution in [0.1, 0.15) is 18.6 Å². The zero-order valence-electron chi connectivity index (χ0n) is 14.1. The fourth-order valence-electron chi connectivity index (χ4n) is 2.47. The zero-order chi connectivity index (χ0) is 18.3. The molecule has 25 heavy (non-hydrogen) atoms. The number of morpholine rings is 1. The van der Waals surface area contributed by atoms with E-state index in [4.69, 9.17) is 9.29 Å². The Balaban J connectivity index is 0.000000196. The van der Waals surface area contributed by atoms with Crippen molar-refractivity contribution in [1.29, 1.82) is 0 Å². The molecule has 2 aromatic carbocycles. The molecule has 0 amide bonds. The van der Waals surface area contributed by atoms with E-state index in [2.05, 4.69) is 11.8 Å². The number of phenols is 1. The van der Waals surface area contributed by atoms with Crippen LogP contribution in [0.5, 0.6) is 5.75 Å². The average Bonchev–Trinajstić information content (AvgIpc) is 2.63. The lowest BCUT2D eigenvalue weighted by molar-refractivity contribution is -0.0281. The molecule has 1 atom stereocenters. The summed E-state index contributed by atoms with van der Waals surface area (Å²) >= 11 is 0. The van der Waals surface area contributed by atoms with E-state index in [1.165, 1.54) is 12.1 Å². The summed E-state index contributed by atoms with van der Waals surface area (Å²) in [5.41, 5.74) is 1.14. The van der Waals surface area contributed by atoms with Crippen LogP contribution in [-0.4, -0.2) is 49.2 Å². The van der Waals surface area contributed by atoms with Crippen LogP contribution in [-0.2, 0) is 14.9 Å². The molecule has 0 radical (unpaired) electrons. The number of benzene rings is 2. The molecular weight excluding hydrogens is 342 g/mol. The monoisotopic (exact) mass is 365 g/mol. The smallest absolute Gasteiger partial charge is 0.294 e. The van der Waals surface area contributed by atoms with E-state index >= 15 is 0 Å². The number of nitrogens with zero attached hydrogens (tertiary/aromatic N) is 1. The minimum Gasteiger partial charge on any atom is -0.508 e. The van der Waals surface area contributed by atoms with Gasteiger partial charge in [-0.05, 0) is 36.4 Å². The molecule has 7 heteroatoms. The molecule has 1 saturated heterocycles. The topological polar surface area (TPSA) is 87.1 Å². The number of hydrogen-bond acceptors (Lipinski definition) is 5. The third-order valence-electron chi connectivity index (χ3n) is 3.90. The standard InChI is InChI=1S/C12H17NO2.C6H6O3S/c1-2-13-7-8-15-12(9-13)10-3-5-11(14)6-4-10;7-10(8,9)6-4-2-1-3-5-6/h3-6,12,14H,2,7-9H2,1H3;1-5H,(H,7,8,9)/t12-;/m0./s1. The summed E-state index contributed by atoms with van der Waals surface area (Å²) in [6.45, 7) is 5.99. The van der Waals surface area contributed by atoms with Crippen molar-refractivity contribution in [3.63, 3.8) is 0 Å². The number of ether oxygens (including phenoxy) is 1. The average molecular weight is 365 g/mol. The first kappa shape index (κ1) is 19.4. The van der Waals surface area contributed by atoms with Gasteiger partial charge >= 0.3 is 0 Å². The first-order chi connectivity index (χ1) is 11.9. The molecule has 0 bridgehead atoms. The summed E-state index contributed by atoms with van der Waals surface area (Å²) in [5.74, 6) is 0.307. The molecule has 1 aliphatic heterocycles. The molecule has 0 saturated carbocycles. The van der Waals surface area contributed by atoms with Gasteiger partial charge in [0.25, 0.3) is 10.1 Å². The van der Waals surface area contributed by atoms with Gasteiger partial charge in [0.1, 0.15) is 5.75 Å². The number of aromatic hydroxyl groups is 1. The summed E-state index contributed by atoms with van der Waals surface area (Å²) in [6.07, 6.45) is 0.152. The van der Waals surface area contributed by atoms with Gasteiger partial charge in [0, 0.05) is 13.1 Å². The second-order valence-electron chi connectivity index (χ2n) is 5.63. The SMILES string of the molecule is CCN1CCO[C@H](c2ccc(O)cc2)C1.O=S(=O)(O)c1ccccc1. The van der Waals surface area contributed by atoms with Crippen molar-refractivity contribution in [2.45, 2.75) is 17.9 Å². The normalized spacial score (nSPS) is 18.2. The van der Waals surface area contributed by atoms with E-state index in [-0.39, 0.29) is 11.0 Å². The van der Waals surface area contributed by atoms with E-state index in [0.29, 0.717) is 5.75 Å². The fraction of sp³-hybridized carbons (Fsp3) is 0.333. The molecule has 0 aromatic heterocycles. The summed E-state index contributed by atoms with van der Waals surface area (Å²) in [7, 11) is -4.00. The van der Waals surface area contributed by atoms with Crippen molar-refractivity contribution >= 4 is 10.1 Å². The van der Waals surface area contributed by atoms with Crippen LogP contribution in [0, 0.1) is 0 Å². The molecule has 2 N–H and O–H groups in total. The predicted octanol–water partition coefficient (Wildman–Crippen LogP) is 2.72. The Labute approximate surface area is 148 Å². The van der Waals surface area contributed by atoms with Gasteiger partial charge < -0.3 is 9.84 Å². The van der Waals surface area contributed by atoms with Crippen LogP contribution in [0.3, 0.4) is 0 Å². The van der Waals surface area contributed by atoms with Crippen LogP contribution in [0.15, 0.2) is 59.5 Å². The van der Waals surface area contributed by atoms with Gasteiger partial charge in [-0.25, -0.2) is 0 Å². The third kappa shape index (κ3) is 6.13. The first-order valence-corrected chi connectivity index (χ1v) is 9.49. The maximum atomic E-state index is 10.4. The molecule has 0 spiro atoms. The van der Waals surface area contributed by atoms with Crippen molar-refractivity contribution in [3.8, 4) is 5.75 Å². The first-order valence-electron chi connectivity index (χ1n) is 8.05. The number of likely N-dealkylation sites (N-methyl/N-ethyl adjacent to an activating group) is 1. The Morgan fingerprint density at radius 2 is 1.76 bits per heavy atom. The van der Waals surface area contributed by atoms with Crippen molar-refractivity contribution < 1.29 is 22.8 Å². The van der Waals surface area contributed by atoms with Crippen LogP contribution >= 0.6 is 0 Å². The van der Waals surface area contributed by atoms with Gasteiger partial charge in [0.15, 0.2) is 0 Å². The lowest BCUT2D eigenvalue weighted by Gasteiger charge is -2.32. The summed E-state index contributed by atoms with van der Waals surface area (Å²) in [6, 6.07) is 14.7. The molecule has 1 heterocycles. The van der Waals surface area contributed by atoms with Crippen molar-refractivity contribution in [2.75, 3.05) is 26.2 Å². The van der Waals surface area contributed by atoms with Gasteiger partial charge in [-0.15, -0.1) is 0 Å². The second-order valence-corrected chi connectivity index (χ2v) is 7.05. The van der Waals surface area contributed by atoms with Crippen molar-refractivity contribution in [2.24, 2.45) is 0 Å². The minimum atomic E-state index is -4.00. The molecule has 136 valence electrons. The van der Waals surface area contributed by atoms with E-state index < -0.39 is 10.1 Å². The van der Waals surface area contributed by atoms with Crippen LogP contribution in [0.4, 0.5) is 0 Å². The molecule has 6 nitrogen and oxygen atoms in total. The minimum absolute atomic E-state index is 0.0741. The second kappa shape index (κ2) is 8.96. The fourth-order valence-corrected chi connectivity index (χ4v) is 2.97. The summed E-state index contributed by atoms with van der Waals surface area (Å²) < 4.78 is 35.0. The maximum absolute atomic E-state index is 10.4. The van der Waals surface area contributed by atoms with E-state index in [1.54, 1.807) is 30.3 Å². The number of phenolic OH excluding ortho intramolecular Hbond substituents is 1. The molecule has 1 fully saturated rings. The molecule has 2 aromatic rings. The molecule has 1 aliphatic rings. The van der Waals surface area contributed by atoms with Crippen LogP contribution in [0.25, 0.3) is 0 Å². The summed E-state index contributed by atoms with van der Waals surface area (Å²) in [5, 5.41) is 9.20. The van der Waals surface area contributed by atoms with Gasteiger partial charge in [-0.2, -0.15) is 8.42 Å². The highest BCUT2D eigenvalue weighted by molar-refractivity contribution is 7.85. The van der Waals surface area contributed by atoms with Crippen molar-refractivity contribution in [3.05, 3.63) is 60.2 Å². The Morgan fingerprint density at radius 3 is 2.28 bits per heavy atom. The lowest BCUT2D eigenvalue weighted by atomic mass is 10.1. The third-order valence-corrected chi connectivity index (χ3v) is 4.77. The quantitative estimate of drug-likeness (QED) is 0.814. The largest absolute Gasteiger partial charge is 0.508 e. The molecule has 0 aliphatic carbocycles. The van der Waals surface area contributed by atoms with E-state index in [9.17, 15) is 13.5 Å². The molecular formula is C18H23NO5S. The van der Waals surface area contributed by atoms with Crippen LogP contribution < -0.4 is 0 Å². The Morgan fingerprint density at radius 1 is 1.12 bits per heavy atom. The Kier molecular flexibility index (Phi) is 6.95. The molecule has 3 rings (SSSR count). The van der Waals surface area contributed by atoms with Crippen LogP contribution in [0.2, 0.25) is 0 Å². The molecule has 0 unspecified atom stereocenters. The van der Waals surface area contributed by atoms with Gasteiger partial charge in [0.2, 0.25) is 0 Å². The van der Waals surface area contributed by atoms with E-state index in [0.717, 1.165) is 31.8 Å². The van der Waals surface area contributed by atoms with Gasteiger partial charge in [-0.3, -0.25) is 9.45 Å². The van der Waals surface area contributed by atoms with Crippen molar-refractivity contribution in [1.82, 2.24) is 4.90 Å². The highest BCUT2D eigenvalue weighted by atomic mass is 32.2. The number of hydrogen-bond donors (Lipinski definition) is 2. The summed E-state index contributed by atoms with van der Waals surface area (Å²) in [4.78, 5) is 2.30. The highest BCUT2D eigenvalue weighted by Gasteiger charge is 2.20. The van der Waals surface area contributed by atoms with Gasteiger partial charge in [-0.1, -0.05) is 37.3 Å². The number of rotatable bonds is 3. The predicted molar refractivity (Wildman–Crippen MR) is 95.2 cm³/mol. The van der Waals surface area contributed by atoms with E-state index in [1.807, 2.05) is 12.1 Å². The lowest BCUT2D eigenvalue weighted by Crippen LogP contribution is -2.37. The zero-order valence-corrected chi connectivity index (χ0v) is 14.9. The Hall–Kier alpha value is -1.93. The Bertz CT molecular complexity index is 747.